The molecule has 16 nitrogen and oxygen atoms in total. The number of aliphatic imine (C=N–C) groups is 1. The van der Waals surface area contributed by atoms with Gasteiger partial charge in [0.15, 0.2) is 0 Å². The maximum atomic E-state index is 14.8. The van der Waals surface area contributed by atoms with E-state index in [0.717, 1.165) is 38.5 Å². The van der Waals surface area contributed by atoms with Gasteiger partial charge < -0.3 is 21.1 Å². The van der Waals surface area contributed by atoms with Gasteiger partial charge in [-0.3, -0.25) is 24.0 Å². The van der Waals surface area contributed by atoms with Crippen molar-refractivity contribution in [3.05, 3.63) is 41.7 Å². The summed E-state index contributed by atoms with van der Waals surface area (Å²) in [6.45, 7) is 3.95. The van der Waals surface area contributed by atoms with Crippen molar-refractivity contribution in [3.8, 4) is 0 Å². The van der Waals surface area contributed by atoms with E-state index in [1.54, 1.807) is 25.6 Å². The molecule has 1 saturated carbocycles. The Morgan fingerprint density at radius 3 is 2.30 bits per heavy atom. The van der Waals surface area contributed by atoms with Gasteiger partial charge in [0.05, 0.1) is 22.8 Å². The predicted octanol–water partition coefficient (Wildman–Crippen LogP) is 1.73. The number of rotatable bonds is 12. The topological polar surface area (TPSA) is 227 Å². The van der Waals surface area contributed by atoms with Crippen LogP contribution in [-0.4, -0.2) is 116 Å². The molecule has 1 aromatic heterocycles. The number of carbonyl (C=O) groups excluding carboxylic acids is 5. The van der Waals surface area contributed by atoms with Gasteiger partial charge in [-0.05, 0) is 81.2 Å². The zero-order valence-electron chi connectivity index (χ0n) is 30.6. The van der Waals surface area contributed by atoms with E-state index in [9.17, 15) is 37.5 Å². The average Bonchev–Trinajstić information content (AvgIpc) is 3.79. The van der Waals surface area contributed by atoms with E-state index in [1.807, 2.05) is 0 Å². The molecule has 0 bridgehead atoms. The molecular weight excluding hydrogens is 737 g/mol. The molecule has 54 heavy (non-hydrogen) atoms. The third-order valence-electron chi connectivity index (χ3n) is 11.0. The molecule has 6 rings (SSSR count). The van der Waals surface area contributed by atoms with E-state index in [0.29, 0.717) is 30.3 Å². The molecule has 0 spiro atoms. The highest BCUT2D eigenvalue weighted by atomic mass is 32.2. The zero-order valence-corrected chi connectivity index (χ0v) is 32.2. The number of hydrogen-bond acceptors (Lipinski definition) is 11. The van der Waals surface area contributed by atoms with Gasteiger partial charge >= 0.3 is 0 Å². The van der Waals surface area contributed by atoms with Crippen molar-refractivity contribution in [1.82, 2.24) is 29.5 Å². The van der Waals surface area contributed by atoms with Crippen molar-refractivity contribution in [2.45, 2.75) is 106 Å². The summed E-state index contributed by atoms with van der Waals surface area (Å²) in [5.41, 5.74) is 2.96. The third-order valence-corrected chi connectivity index (χ3v) is 13.9. The van der Waals surface area contributed by atoms with E-state index in [-0.39, 0.29) is 54.3 Å². The van der Waals surface area contributed by atoms with Crippen LogP contribution in [0.15, 0.2) is 40.4 Å². The maximum Gasteiger partial charge on any atom is 0.287 e. The number of Topliss-reactive ketones (excluding diaryl/α,β-unsaturated/α-hetero) is 1. The second kappa shape index (κ2) is 16.0. The predicted molar refractivity (Wildman–Crippen MR) is 199 cm³/mol. The Kier molecular flexibility index (Phi) is 11.8. The van der Waals surface area contributed by atoms with Crippen molar-refractivity contribution < 1.29 is 37.5 Å². The number of carbonyl (C=O) groups is 5. The van der Waals surface area contributed by atoms with Crippen LogP contribution < -0.4 is 11.1 Å². The largest absolute Gasteiger partial charge is 0.384 e. The molecule has 0 radical (unpaired) electrons. The summed E-state index contributed by atoms with van der Waals surface area (Å²) < 4.78 is 28.6. The minimum absolute atomic E-state index is 0.0250. The summed E-state index contributed by atoms with van der Waals surface area (Å²) in [4.78, 5) is 73.9. The van der Waals surface area contributed by atoms with Gasteiger partial charge in [0, 0.05) is 31.6 Å². The van der Waals surface area contributed by atoms with Crippen molar-refractivity contribution in [2.75, 3.05) is 31.1 Å². The fourth-order valence-corrected chi connectivity index (χ4v) is 10.5. The average molecular weight is 785 g/mol. The molecule has 4 fully saturated rings. The Balaban J connectivity index is 1.34. The number of likely N-dealkylation sites (tertiary alicyclic amines) is 1. The molecule has 1 aliphatic carbocycles. The highest BCUT2D eigenvalue weighted by molar-refractivity contribution is 7.99. The number of sulfonamides is 1. The first-order valence-electron chi connectivity index (χ1n) is 18.5. The number of nitrogens with zero attached hydrogens (tertiary/aromatic N) is 6. The number of primary amides is 1. The van der Waals surface area contributed by atoms with Gasteiger partial charge in [0.1, 0.15) is 22.9 Å². The Morgan fingerprint density at radius 2 is 1.70 bits per heavy atom. The van der Waals surface area contributed by atoms with Gasteiger partial charge in [-0.15, -0.1) is 5.10 Å². The quantitative estimate of drug-likeness (QED) is 0.207. The molecule has 2 atom stereocenters. The lowest BCUT2D eigenvalue weighted by molar-refractivity contribution is -0.143. The van der Waals surface area contributed by atoms with Crippen LogP contribution in [0.3, 0.4) is 0 Å². The Hall–Kier alpha value is -4.00. The smallest absolute Gasteiger partial charge is 0.287 e. The van der Waals surface area contributed by atoms with Crippen molar-refractivity contribution >= 4 is 56.9 Å². The second-order valence-electron chi connectivity index (χ2n) is 15.2. The number of aliphatic hydroxyl groups is 1. The van der Waals surface area contributed by atoms with Crippen LogP contribution in [-0.2, 0) is 34.8 Å². The minimum atomic E-state index is -3.68. The summed E-state index contributed by atoms with van der Waals surface area (Å²) >= 11 is 1.58. The number of thioether (sulfide) groups is 1. The minimum Gasteiger partial charge on any atom is -0.384 e. The highest BCUT2D eigenvalue weighted by Crippen LogP contribution is 2.35. The van der Waals surface area contributed by atoms with Gasteiger partial charge in [-0.25, -0.2) is 18.1 Å². The lowest BCUT2D eigenvalue weighted by Gasteiger charge is -2.37. The standard InChI is InChI=1S/C36H48N8O8S2/c1-35(2,50)29-21-38-41-44(29)25-20-28(33(48)40-36(30(45)31(37)46)13-17-53-18-14-36)43(22-25)34(49)27(19-23-7-4-3-5-8-23)39-32(47)24-9-11-26(12-10-24)54(51,52)42-15-6-16-42/h9-12,21,23,25,28,50H,3-8,13-20,22H2,1-2H3,(H2,37,46)(H,40,48)/b39-27+/t25-,28-/m0/s1. The molecule has 18 heteroatoms. The first kappa shape index (κ1) is 39.7. The third kappa shape index (κ3) is 8.30. The molecule has 3 aliphatic heterocycles. The molecule has 0 unspecified atom stereocenters. The summed E-state index contributed by atoms with van der Waals surface area (Å²) in [7, 11) is -3.68. The number of ketones is 1. The molecule has 1 aromatic carbocycles. The monoisotopic (exact) mass is 784 g/mol. The van der Waals surface area contributed by atoms with Crippen LogP contribution in [0.2, 0.25) is 0 Å². The summed E-state index contributed by atoms with van der Waals surface area (Å²) in [5.74, 6) is -3.03. The van der Waals surface area contributed by atoms with Gasteiger partial charge in [0.2, 0.25) is 21.7 Å². The van der Waals surface area contributed by atoms with Crippen molar-refractivity contribution in [2.24, 2.45) is 16.6 Å². The van der Waals surface area contributed by atoms with Gasteiger partial charge in [-0.2, -0.15) is 16.1 Å². The lowest BCUT2D eigenvalue weighted by atomic mass is 9.85. The Morgan fingerprint density at radius 1 is 1.04 bits per heavy atom. The first-order chi connectivity index (χ1) is 25.6. The number of amides is 4. The molecule has 3 saturated heterocycles. The number of benzene rings is 1. The summed E-state index contributed by atoms with van der Waals surface area (Å²) in [6.07, 6.45) is 7.42. The molecule has 4 aliphatic rings. The van der Waals surface area contributed by atoms with Crippen LogP contribution in [0.25, 0.3) is 0 Å². The number of nitrogens with one attached hydrogen (secondary N) is 1. The summed E-state index contributed by atoms with van der Waals surface area (Å²) in [5, 5.41) is 21.9. The maximum absolute atomic E-state index is 14.8. The Labute approximate surface area is 318 Å². The second-order valence-corrected chi connectivity index (χ2v) is 18.4. The molecule has 4 N–H and O–H groups in total. The molecule has 4 amide bonds. The fraction of sp³-hybridized carbons (Fsp3) is 0.611. The normalized spacial score (nSPS) is 22.7. The lowest BCUT2D eigenvalue weighted by Crippen LogP contribution is -2.63. The van der Waals surface area contributed by atoms with Gasteiger partial charge in [-0.1, -0.05) is 37.3 Å². The zero-order chi connectivity index (χ0) is 38.8. The molecule has 4 heterocycles. The van der Waals surface area contributed by atoms with Gasteiger partial charge in [0.25, 0.3) is 17.7 Å². The van der Waals surface area contributed by atoms with Crippen molar-refractivity contribution in [1.29, 1.82) is 0 Å². The number of aromatic nitrogens is 3. The first-order valence-corrected chi connectivity index (χ1v) is 21.1. The van der Waals surface area contributed by atoms with Crippen LogP contribution in [0.5, 0.6) is 0 Å². The number of nitrogens with two attached hydrogens (primary N) is 1. The summed E-state index contributed by atoms with van der Waals surface area (Å²) in [6, 6.07) is 3.66. The number of hydrogen-bond donors (Lipinski definition) is 3. The molecular formula is C36H48N8O8S2. The Bertz CT molecular complexity index is 1910. The van der Waals surface area contributed by atoms with Crippen molar-refractivity contribution in [3.63, 3.8) is 0 Å². The van der Waals surface area contributed by atoms with E-state index < -0.39 is 62.7 Å². The van der Waals surface area contributed by atoms with E-state index in [2.05, 4.69) is 20.6 Å². The fourth-order valence-electron chi connectivity index (χ4n) is 7.74. The van der Waals surface area contributed by atoms with E-state index >= 15 is 0 Å². The molecule has 292 valence electrons. The van der Waals surface area contributed by atoms with E-state index in [4.69, 9.17) is 5.73 Å². The van der Waals surface area contributed by atoms with Crippen LogP contribution in [0.4, 0.5) is 0 Å². The SMILES string of the molecule is CC(C)(O)c1cnnn1[C@H]1C[C@@H](C(=O)NC2(C(=O)C(N)=O)CCSCC2)N(C(=O)/C(CC2CCCCC2)=N/C(=O)c2ccc(S(=O)(=O)N3CCC3)cc2)C1. The van der Waals surface area contributed by atoms with Crippen LogP contribution in [0.1, 0.15) is 100 Å². The van der Waals surface area contributed by atoms with Crippen LogP contribution in [0, 0.1) is 5.92 Å². The van der Waals surface area contributed by atoms with Crippen LogP contribution >= 0.6 is 11.8 Å². The highest BCUT2D eigenvalue weighted by Gasteiger charge is 2.49. The van der Waals surface area contributed by atoms with E-state index in [1.165, 1.54) is 44.3 Å². The molecule has 2 aromatic rings.